The topological polar surface area (TPSA) is 22.0 Å². The zero-order valence-corrected chi connectivity index (χ0v) is 9.84. The summed E-state index contributed by atoms with van der Waals surface area (Å²) in [4.78, 5) is 10.9. The molecule has 0 unspecified atom stereocenters. The van der Waals surface area contributed by atoms with E-state index >= 15 is 0 Å². The molecule has 0 aliphatic heterocycles. The van der Waals surface area contributed by atoms with Gasteiger partial charge < -0.3 is 4.57 Å². The van der Waals surface area contributed by atoms with Crippen LogP contribution in [-0.4, -0.2) is 10.9 Å². The molecule has 1 saturated carbocycles. The van der Waals surface area contributed by atoms with Gasteiger partial charge in [-0.05, 0) is 39.7 Å². The summed E-state index contributed by atoms with van der Waals surface area (Å²) in [5, 5.41) is 0. The lowest BCUT2D eigenvalue weighted by Gasteiger charge is -2.30. The second-order valence-corrected chi connectivity index (χ2v) is 4.98. The van der Waals surface area contributed by atoms with E-state index in [0.29, 0.717) is 0 Å². The molecule has 0 N–H and O–H groups in total. The molecule has 1 aromatic heterocycles. The summed E-state index contributed by atoms with van der Waals surface area (Å²) in [7, 11) is 0. The Morgan fingerprint density at radius 3 is 2.40 bits per heavy atom. The van der Waals surface area contributed by atoms with Crippen LogP contribution in [0.2, 0.25) is 0 Å². The van der Waals surface area contributed by atoms with Crippen molar-refractivity contribution >= 4 is 6.29 Å². The van der Waals surface area contributed by atoms with E-state index in [1.54, 1.807) is 0 Å². The fourth-order valence-electron chi connectivity index (χ4n) is 3.10. The van der Waals surface area contributed by atoms with Gasteiger partial charge in [0.05, 0.1) is 0 Å². The molecule has 0 spiro atoms. The van der Waals surface area contributed by atoms with Gasteiger partial charge in [-0.2, -0.15) is 0 Å². The largest absolute Gasteiger partial charge is 0.343 e. The molecule has 1 aliphatic rings. The second kappa shape index (κ2) is 3.51. The summed E-state index contributed by atoms with van der Waals surface area (Å²) >= 11 is 0. The Kier molecular flexibility index (Phi) is 2.45. The highest BCUT2D eigenvalue weighted by atomic mass is 16.1. The van der Waals surface area contributed by atoms with E-state index in [4.69, 9.17) is 0 Å². The monoisotopic (exact) mass is 205 g/mol. The number of hydrogen-bond donors (Lipinski definition) is 0. The molecule has 0 aromatic carbocycles. The van der Waals surface area contributed by atoms with E-state index in [1.807, 2.05) is 6.07 Å². The van der Waals surface area contributed by atoms with E-state index in [9.17, 15) is 4.79 Å². The normalized spacial score (nSPS) is 19.4. The number of hydrogen-bond acceptors (Lipinski definition) is 1. The third-order valence-corrected chi connectivity index (χ3v) is 3.82. The summed E-state index contributed by atoms with van der Waals surface area (Å²) in [5.74, 6) is 0. The highest BCUT2D eigenvalue weighted by Crippen LogP contribution is 2.38. The van der Waals surface area contributed by atoms with Crippen LogP contribution < -0.4 is 0 Å². The average Bonchev–Trinajstić information content (AvgIpc) is 2.72. The van der Waals surface area contributed by atoms with Crippen molar-refractivity contribution in [1.29, 1.82) is 0 Å². The fraction of sp³-hybridized carbons (Fsp3) is 0.615. The van der Waals surface area contributed by atoms with Gasteiger partial charge in [0, 0.05) is 22.5 Å². The molecular formula is C13H19NO. The highest BCUT2D eigenvalue weighted by molar-refractivity contribution is 5.77. The standard InChI is InChI=1S/C13H19NO/c1-10-8-12(9-15)11(2)14(10)13(3)6-4-5-7-13/h8-9H,4-7H2,1-3H3. The van der Waals surface area contributed by atoms with Gasteiger partial charge in [0.1, 0.15) is 0 Å². The van der Waals surface area contributed by atoms with Crippen LogP contribution in [0.3, 0.4) is 0 Å². The molecule has 0 radical (unpaired) electrons. The second-order valence-electron chi connectivity index (χ2n) is 4.98. The quantitative estimate of drug-likeness (QED) is 0.679. The number of aromatic nitrogens is 1. The molecule has 1 aliphatic carbocycles. The first-order valence-electron chi connectivity index (χ1n) is 5.73. The van der Waals surface area contributed by atoms with Crippen molar-refractivity contribution in [3.05, 3.63) is 23.0 Å². The van der Waals surface area contributed by atoms with Crippen LogP contribution in [0.25, 0.3) is 0 Å². The predicted octanol–water partition coefficient (Wildman–Crippen LogP) is 3.21. The van der Waals surface area contributed by atoms with Crippen LogP contribution in [0.4, 0.5) is 0 Å². The van der Waals surface area contributed by atoms with Gasteiger partial charge in [-0.1, -0.05) is 12.8 Å². The van der Waals surface area contributed by atoms with Crippen molar-refractivity contribution in [1.82, 2.24) is 4.57 Å². The predicted molar refractivity (Wildman–Crippen MR) is 61.4 cm³/mol. The van der Waals surface area contributed by atoms with Gasteiger partial charge in [0.25, 0.3) is 0 Å². The minimum Gasteiger partial charge on any atom is -0.343 e. The van der Waals surface area contributed by atoms with Crippen LogP contribution >= 0.6 is 0 Å². The molecule has 0 amide bonds. The van der Waals surface area contributed by atoms with Crippen molar-refractivity contribution in [2.45, 2.75) is 52.0 Å². The summed E-state index contributed by atoms with van der Waals surface area (Å²) in [5.41, 5.74) is 3.45. The van der Waals surface area contributed by atoms with Crippen molar-refractivity contribution in [3.8, 4) is 0 Å². The first kappa shape index (κ1) is 10.5. The van der Waals surface area contributed by atoms with Crippen molar-refractivity contribution in [2.24, 2.45) is 0 Å². The summed E-state index contributed by atoms with van der Waals surface area (Å²) in [6.07, 6.45) is 6.06. The van der Waals surface area contributed by atoms with Crippen molar-refractivity contribution in [3.63, 3.8) is 0 Å². The molecule has 1 heterocycles. The van der Waals surface area contributed by atoms with Crippen LogP contribution in [0.5, 0.6) is 0 Å². The van der Waals surface area contributed by atoms with Gasteiger partial charge >= 0.3 is 0 Å². The van der Waals surface area contributed by atoms with Gasteiger partial charge in [-0.3, -0.25) is 4.79 Å². The SMILES string of the molecule is Cc1cc(C=O)c(C)n1C1(C)CCCC1. The van der Waals surface area contributed by atoms with E-state index in [-0.39, 0.29) is 5.54 Å². The zero-order valence-electron chi connectivity index (χ0n) is 9.84. The number of carbonyl (C=O) groups excluding carboxylic acids is 1. The van der Waals surface area contributed by atoms with Crippen molar-refractivity contribution < 1.29 is 4.79 Å². The zero-order chi connectivity index (χ0) is 11.1. The molecule has 2 nitrogen and oxygen atoms in total. The number of nitrogens with zero attached hydrogens (tertiary/aromatic N) is 1. The van der Waals surface area contributed by atoms with E-state index in [1.165, 1.54) is 31.4 Å². The van der Waals surface area contributed by atoms with Crippen LogP contribution in [-0.2, 0) is 5.54 Å². The summed E-state index contributed by atoms with van der Waals surface area (Å²) in [6.45, 7) is 6.47. The Hall–Kier alpha value is -1.05. The maximum absolute atomic E-state index is 10.9. The molecular weight excluding hydrogens is 186 g/mol. The lowest BCUT2D eigenvalue weighted by atomic mass is 9.99. The number of rotatable bonds is 2. The Balaban J connectivity index is 2.51. The smallest absolute Gasteiger partial charge is 0.151 e. The molecule has 1 aromatic rings. The molecule has 0 bridgehead atoms. The lowest BCUT2D eigenvalue weighted by molar-refractivity contribution is 0.112. The molecule has 15 heavy (non-hydrogen) atoms. The Bertz CT molecular complexity index is 383. The molecule has 0 atom stereocenters. The Morgan fingerprint density at radius 1 is 1.33 bits per heavy atom. The third-order valence-electron chi connectivity index (χ3n) is 3.82. The lowest BCUT2D eigenvalue weighted by Crippen LogP contribution is -2.28. The summed E-state index contributed by atoms with van der Waals surface area (Å²) in [6, 6.07) is 2.01. The first-order chi connectivity index (χ1) is 7.08. The maximum Gasteiger partial charge on any atom is 0.151 e. The van der Waals surface area contributed by atoms with Crippen molar-refractivity contribution in [2.75, 3.05) is 0 Å². The van der Waals surface area contributed by atoms with Gasteiger partial charge in [-0.25, -0.2) is 0 Å². The molecule has 2 rings (SSSR count). The maximum atomic E-state index is 10.9. The first-order valence-corrected chi connectivity index (χ1v) is 5.73. The highest BCUT2D eigenvalue weighted by Gasteiger charge is 2.32. The molecule has 82 valence electrons. The number of aldehydes is 1. The summed E-state index contributed by atoms with van der Waals surface area (Å²) < 4.78 is 2.36. The Labute approximate surface area is 91.3 Å². The minimum atomic E-state index is 0.245. The van der Waals surface area contributed by atoms with E-state index in [2.05, 4.69) is 25.3 Å². The molecule has 2 heteroatoms. The van der Waals surface area contributed by atoms with E-state index < -0.39 is 0 Å². The molecule has 0 saturated heterocycles. The fourth-order valence-corrected chi connectivity index (χ4v) is 3.10. The van der Waals surface area contributed by atoms with E-state index in [0.717, 1.165) is 17.5 Å². The van der Waals surface area contributed by atoms with Crippen LogP contribution in [0.1, 0.15) is 54.4 Å². The number of carbonyl (C=O) groups is 1. The van der Waals surface area contributed by atoms with Crippen LogP contribution in [0, 0.1) is 13.8 Å². The average molecular weight is 205 g/mol. The third kappa shape index (κ3) is 1.52. The molecule has 1 fully saturated rings. The van der Waals surface area contributed by atoms with Gasteiger partial charge in [0.15, 0.2) is 6.29 Å². The van der Waals surface area contributed by atoms with Gasteiger partial charge in [0.2, 0.25) is 0 Å². The van der Waals surface area contributed by atoms with Crippen LogP contribution in [0.15, 0.2) is 6.07 Å². The number of aryl methyl sites for hydroxylation is 1. The Morgan fingerprint density at radius 2 is 1.93 bits per heavy atom. The van der Waals surface area contributed by atoms with Gasteiger partial charge in [-0.15, -0.1) is 0 Å². The minimum absolute atomic E-state index is 0.245.